The zero-order valence-corrected chi connectivity index (χ0v) is 17.8. The molecule has 0 bridgehead atoms. The molecule has 148 valence electrons. The Morgan fingerprint density at radius 2 is 1.96 bits per heavy atom. The molecule has 2 heterocycles. The zero-order chi connectivity index (χ0) is 19.9. The second-order valence-electron chi connectivity index (χ2n) is 7.29. The summed E-state index contributed by atoms with van der Waals surface area (Å²) in [7, 11) is 0. The van der Waals surface area contributed by atoms with Gasteiger partial charge in [0.1, 0.15) is 4.32 Å². The van der Waals surface area contributed by atoms with Crippen LogP contribution in [0.1, 0.15) is 38.2 Å². The third kappa shape index (κ3) is 5.55. The number of hydrogen-bond acceptors (Lipinski definition) is 4. The highest BCUT2D eigenvalue weighted by atomic mass is 32.2. The lowest BCUT2D eigenvalue weighted by Crippen LogP contribution is -2.38. The average Bonchev–Trinajstić information content (AvgIpc) is 2.97. The number of likely N-dealkylation sites (tertiary alicyclic amines) is 1. The average molecular weight is 415 g/mol. The molecule has 0 aromatic heterocycles. The van der Waals surface area contributed by atoms with Gasteiger partial charge >= 0.3 is 0 Å². The number of hydrogen-bond donors (Lipinski definition) is 0. The van der Waals surface area contributed by atoms with Crippen molar-refractivity contribution in [2.75, 3.05) is 19.6 Å². The molecule has 1 aromatic rings. The largest absolute Gasteiger partial charge is 0.343 e. The maximum atomic E-state index is 12.6. The Morgan fingerprint density at radius 3 is 2.68 bits per heavy atom. The van der Waals surface area contributed by atoms with Gasteiger partial charge in [-0.1, -0.05) is 73.4 Å². The summed E-state index contributed by atoms with van der Waals surface area (Å²) in [6, 6.07) is 9.94. The third-order valence-corrected chi connectivity index (χ3v) is 6.51. The van der Waals surface area contributed by atoms with Gasteiger partial charge in [0.25, 0.3) is 5.91 Å². The summed E-state index contributed by atoms with van der Waals surface area (Å²) in [4.78, 5) is 29.1. The van der Waals surface area contributed by atoms with Crippen LogP contribution < -0.4 is 0 Å². The Hall–Kier alpha value is -1.92. The maximum absolute atomic E-state index is 12.6. The van der Waals surface area contributed by atoms with Gasteiger partial charge in [-0.05, 0) is 36.8 Å². The molecular weight excluding hydrogens is 388 g/mol. The van der Waals surface area contributed by atoms with Crippen molar-refractivity contribution >= 4 is 46.2 Å². The summed E-state index contributed by atoms with van der Waals surface area (Å²) in [6.45, 7) is 4.45. The Bertz CT molecular complexity index is 781. The minimum atomic E-state index is -0.0630. The molecule has 2 aliphatic heterocycles. The number of carbonyl (C=O) groups excluding carboxylic acids is 2. The SMILES string of the molecule is CC1CCN(C(=O)CCCN2C(=O)/C(=C/C=C/c3ccccc3)SC2=S)CC1. The van der Waals surface area contributed by atoms with E-state index in [2.05, 4.69) is 6.92 Å². The van der Waals surface area contributed by atoms with Crippen molar-refractivity contribution in [1.82, 2.24) is 9.80 Å². The van der Waals surface area contributed by atoms with Crippen LogP contribution in [0.4, 0.5) is 0 Å². The molecule has 28 heavy (non-hydrogen) atoms. The van der Waals surface area contributed by atoms with Crippen molar-refractivity contribution in [1.29, 1.82) is 0 Å². The van der Waals surface area contributed by atoms with Crippen LogP contribution in [0.2, 0.25) is 0 Å². The zero-order valence-electron chi connectivity index (χ0n) is 16.2. The van der Waals surface area contributed by atoms with Gasteiger partial charge in [0.15, 0.2) is 0 Å². The van der Waals surface area contributed by atoms with Gasteiger partial charge in [-0.25, -0.2) is 0 Å². The molecule has 0 radical (unpaired) electrons. The smallest absolute Gasteiger partial charge is 0.266 e. The second kappa shape index (κ2) is 10.0. The van der Waals surface area contributed by atoms with Gasteiger partial charge in [0.05, 0.1) is 4.91 Å². The number of piperidine rings is 1. The predicted octanol–water partition coefficient (Wildman–Crippen LogP) is 4.48. The van der Waals surface area contributed by atoms with E-state index in [0.29, 0.717) is 34.5 Å². The molecular formula is C22H26N2O2S2. The summed E-state index contributed by atoms with van der Waals surface area (Å²) in [5, 5.41) is 0. The number of rotatable bonds is 6. The number of benzene rings is 1. The number of nitrogens with zero attached hydrogens (tertiary/aromatic N) is 2. The van der Waals surface area contributed by atoms with Crippen LogP contribution in [0.25, 0.3) is 6.08 Å². The summed E-state index contributed by atoms with van der Waals surface area (Å²) in [5.74, 6) is 0.840. The van der Waals surface area contributed by atoms with Crippen molar-refractivity contribution in [3.8, 4) is 0 Å². The Kier molecular flexibility index (Phi) is 7.45. The lowest BCUT2D eigenvalue weighted by Gasteiger charge is -2.30. The summed E-state index contributed by atoms with van der Waals surface area (Å²) >= 11 is 6.69. The number of amides is 2. The van der Waals surface area contributed by atoms with E-state index in [1.165, 1.54) is 11.8 Å². The molecule has 0 aliphatic carbocycles. The van der Waals surface area contributed by atoms with Crippen LogP contribution in [0.15, 0.2) is 47.4 Å². The molecule has 2 saturated heterocycles. The first-order valence-electron chi connectivity index (χ1n) is 9.79. The molecule has 0 unspecified atom stereocenters. The Labute approximate surface area is 176 Å². The fourth-order valence-electron chi connectivity index (χ4n) is 3.32. The lowest BCUT2D eigenvalue weighted by atomic mass is 9.99. The first-order valence-corrected chi connectivity index (χ1v) is 11.0. The van der Waals surface area contributed by atoms with E-state index in [1.54, 1.807) is 4.90 Å². The number of thiocarbonyl (C=S) groups is 1. The summed E-state index contributed by atoms with van der Waals surface area (Å²) in [5.41, 5.74) is 1.08. The van der Waals surface area contributed by atoms with Crippen molar-refractivity contribution in [3.63, 3.8) is 0 Å². The molecule has 3 rings (SSSR count). The highest BCUT2D eigenvalue weighted by Crippen LogP contribution is 2.31. The molecule has 6 heteroatoms. The first kappa shape index (κ1) is 20.8. The molecule has 0 atom stereocenters. The van der Waals surface area contributed by atoms with Crippen molar-refractivity contribution < 1.29 is 9.59 Å². The van der Waals surface area contributed by atoms with Gasteiger partial charge < -0.3 is 4.90 Å². The molecule has 0 spiro atoms. The van der Waals surface area contributed by atoms with Gasteiger partial charge in [-0.2, -0.15) is 0 Å². The number of allylic oxidation sites excluding steroid dienone is 2. The van der Waals surface area contributed by atoms with E-state index in [4.69, 9.17) is 12.2 Å². The highest BCUT2D eigenvalue weighted by Gasteiger charge is 2.31. The predicted molar refractivity (Wildman–Crippen MR) is 120 cm³/mol. The van der Waals surface area contributed by atoms with E-state index in [1.807, 2.05) is 53.5 Å². The standard InChI is InChI=1S/C22H26N2O2S2/c1-17-12-15-23(16-13-17)20(25)11-6-14-24-21(26)19(28-22(24)27)10-5-9-18-7-3-2-4-8-18/h2-5,7-10,17H,6,11-16H2,1H3/b9-5+,19-10-. The van der Waals surface area contributed by atoms with Gasteiger partial charge in [-0.15, -0.1) is 0 Å². The lowest BCUT2D eigenvalue weighted by molar-refractivity contribution is -0.133. The van der Waals surface area contributed by atoms with E-state index in [0.717, 1.165) is 31.5 Å². The van der Waals surface area contributed by atoms with E-state index >= 15 is 0 Å². The molecule has 0 N–H and O–H groups in total. The highest BCUT2D eigenvalue weighted by molar-refractivity contribution is 8.26. The van der Waals surface area contributed by atoms with E-state index in [9.17, 15) is 9.59 Å². The topological polar surface area (TPSA) is 40.6 Å². The van der Waals surface area contributed by atoms with Crippen LogP contribution in [0.5, 0.6) is 0 Å². The summed E-state index contributed by atoms with van der Waals surface area (Å²) < 4.78 is 0.573. The van der Waals surface area contributed by atoms with Crippen molar-refractivity contribution in [3.05, 3.63) is 53.0 Å². The van der Waals surface area contributed by atoms with Crippen molar-refractivity contribution in [2.45, 2.75) is 32.6 Å². The Morgan fingerprint density at radius 1 is 1.25 bits per heavy atom. The first-order chi connectivity index (χ1) is 13.5. The second-order valence-corrected chi connectivity index (χ2v) is 8.97. The van der Waals surface area contributed by atoms with Gasteiger partial charge in [0.2, 0.25) is 5.91 Å². The molecule has 2 aliphatic rings. The van der Waals surface area contributed by atoms with Crippen LogP contribution in [-0.4, -0.2) is 45.6 Å². The van der Waals surface area contributed by atoms with Crippen LogP contribution >= 0.6 is 24.0 Å². The fraction of sp³-hybridized carbons (Fsp3) is 0.409. The normalized spacial score (nSPS) is 20.0. The van der Waals surface area contributed by atoms with Crippen LogP contribution in [0.3, 0.4) is 0 Å². The molecule has 0 saturated carbocycles. The van der Waals surface area contributed by atoms with Crippen LogP contribution in [-0.2, 0) is 9.59 Å². The van der Waals surface area contributed by atoms with E-state index < -0.39 is 0 Å². The third-order valence-electron chi connectivity index (χ3n) is 5.12. The minimum absolute atomic E-state index is 0.0630. The quantitative estimate of drug-likeness (QED) is 0.508. The maximum Gasteiger partial charge on any atom is 0.266 e. The monoisotopic (exact) mass is 414 g/mol. The van der Waals surface area contributed by atoms with Gasteiger partial charge in [-0.3, -0.25) is 14.5 Å². The number of carbonyl (C=O) groups is 2. The summed E-state index contributed by atoms with van der Waals surface area (Å²) in [6.07, 6.45) is 8.94. The Balaban J connectivity index is 1.48. The molecule has 2 fully saturated rings. The van der Waals surface area contributed by atoms with Gasteiger partial charge in [0, 0.05) is 26.1 Å². The molecule has 2 amide bonds. The minimum Gasteiger partial charge on any atom is -0.343 e. The van der Waals surface area contributed by atoms with E-state index in [-0.39, 0.29) is 11.8 Å². The van der Waals surface area contributed by atoms with Crippen LogP contribution in [0, 0.1) is 5.92 Å². The fourth-order valence-corrected chi connectivity index (χ4v) is 4.58. The number of thioether (sulfide) groups is 1. The molecule has 4 nitrogen and oxygen atoms in total. The van der Waals surface area contributed by atoms with Crippen molar-refractivity contribution in [2.24, 2.45) is 5.92 Å². The molecule has 1 aromatic carbocycles.